The number of hydrogen-bond donors (Lipinski definition) is 0. The summed E-state index contributed by atoms with van der Waals surface area (Å²) >= 11 is 11.9. The molecular weight excluding hydrogens is 315 g/mol. The van der Waals surface area contributed by atoms with E-state index in [1.165, 1.54) is 12.4 Å². The lowest BCUT2D eigenvalue weighted by molar-refractivity contribution is 0.300. The SMILES string of the molecule is COc1cc(OC)c(Cl)c(COc2cnc(Cl)nc2)c1C. The molecule has 5 nitrogen and oxygen atoms in total. The number of halogens is 2. The molecule has 0 aliphatic rings. The maximum atomic E-state index is 6.32. The molecule has 21 heavy (non-hydrogen) atoms. The Morgan fingerprint density at radius 2 is 1.67 bits per heavy atom. The molecule has 2 aromatic rings. The van der Waals surface area contributed by atoms with E-state index in [9.17, 15) is 0 Å². The van der Waals surface area contributed by atoms with Gasteiger partial charge in [0.25, 0.3) is 0 Å². The molecule has 112 valence electrons. The lowest BCUT2D eigenvalue weighted by Gasteiger charge is -2.16. The van der Waals surface area contributed by atoms with Crippen molar-refractivity contribution in [2.24, 2.45) is 0 Å². The Labute approximate surface area is 132 Å². The third-order valence-electron chi connectivity index (χ3n) is 2.99. The first-order chi connectivity index (χ1) is 10.1. The zero-order chi connectivity index (χ0) is 15.4. The van der Waals surface area contributed by atoms with Crippen LogP contribution in [0.1, 0.15) is 11.1 Å². The second kappa shape index (κ2) is 6.83. The minimum atomic E-state index is 0.166. The van der Waals surface area contributed by atoms with Gasteiger partial charge in [0.1, 0.15) is 18.1 Å². The van der Waals surface area contributed by atoms with Gasteiger partial charge >= 0.3 is 0 Å². The highest BCUT2D eigenvalue weighted by Crippen LogP contribution is 2.37. The van der Waals surface area contributed by atoms with Crippen molar-refractivity contribution in [2.45, 2.75) is 13.5 Å². The molecule has 2 rings (SSSR count). The van der Waals surface area contributed by atoms with Gasteiger partial charge < -0.3 is 14.2 Å². The highest BCUT2D eigenvalue weighted by atomic mass is 35.5. The van der Waals surface area contributed by atoms with E-state index in [2.05, 4.69) is 9.97 Å². The Bertz CT molecular complexity index is 605. The fraction of sp³-hybridized carbons (Fsp3) is 0.286. The van der Waals surface area contributed by atoms with Crippen LogP contribution in [0.15, 0.2) is 18.5 Å². The topological polar surface area (TPSA) is 53.5 Å². The minimum absolute atomic E-state index is 0.166. The molecule has 0 saturated heterocycles. The van der Waals surface area contributed by atoms with Crippen LogP contribution in [0.2, 0.25) is 10.3 Å². The molecule has 0 radical (unpaired) electrons. The normalized spacial score (nSPS) is 10.3. The van der Waals surface area contributed by atoms with Gasteiger partial charge in [0, 0.05) is 11.6 Å². The van der Waals surface area contributed by atoms with E-state index in [0.717, 1.165) is 11.1 Å². The van der Waals surface area contributed by atoms with E-state index in [0.29, 0.717) is 22.3 Å². The smallest absolute Gasteiger partial charge is 0.222 e. The lowest BCUT2D eigenvalue weighted by atomic mass is 10.1. The van der Waals surface area contributed by atoms with Gasteiger partial charge in [-0.15, -0.1) is 0 Å². The molecule has 0 bridgehead atoms. The van der Waals surface area contributed by atoms with Crippen molar-refractivity contribution < 1.29 is 14.2 Å². The van der Waals surface area contributed by atoms with Gasteiger partial charge in [0.05, 0.1) is 31.6 Å². The molecule has 0 aliphatic carbocycles. The van der Waals surface area contributed by atoms with E-state index in [4.69, 9.17) is 37.4 Å². The summed E-state index contributed by atoms with van der Waals surface area (Å²) in [6, 6.07) is 1.74. The Hall–Kier alpha value is -1.72. The van der Waals surface area contributed by atoms with Gasteiger partial charge in [0.15, 0.2) is 5.75 Å². The van der Waals surface area contributed by atoms with Gasteiger partial charge in [-0.05, 0) is 24.1 Å². The summed E-state index contributed by atoms with van der Waals surface area (Å²) < 4.78 is 16.2. The van der Waals surface area contributed by atoms with E-state index >= 15 is 0 Å². The first kappa shape index (κ1) is 15.7. The van der Waals surface area contributed by atoms with Crippen molar-refractivity contribution in [3.05, 3.63) is 39.9 Å². The van der Waals surface area contributed by atoms with Gasteiger partial charge in [-0.2, -0.15) is 0 Å². The molecule has 0 spiro atoms. The fourth-order valence-electron chi connectivity index (χ4n) is 1.82. The Morgan fingerprint density at radius 3 is 2.24 bits per heavy atom. The van der Waals surface area contributed by atoms with Gasteiger partial charge in [-0.1, -0.05) is 11.6 Å². The third kappa shape index (κ3) is 3.49. The average Bonchev–Trinajstić information content (AvgIpc) is 2.49. The number of aromatic nitrogens is 2. The quantitative estimate of drug-likeness (QED) is 0.783. The molecule has 0 saturated carbocycles. The highest BCUT2D eigenvalue weighted by molar-refractivity contribution is 6.33. The van der Waals surface area contributed by atoms with Crippen LogP contribution in [-0.2, 0) is 6.61 Å². The molecule has 7 heteroatoms. The molecule has 1 aromatic carbocycles. The standard InChI is InChI=1S/C14H14Cl2N2O3/c1-8-10(7-21-9-5-17-14(16)18-6-9)13(15)12(20-3)4-11(8)19-2/h4-6H,7H2,1-3H3. The number of rotatable bonds is 5. The van der Waals surface area contributed by atoms with Crippen molar-refractivity contribution in [1.82, 2.24) is 9.97 Å². The van der Waals surface area contributed by atoms with Crippen LogP contribution in [0.5, 0.6) is 17.2 Å². The van der Waals surface area contributed by atoms with Crippen molar-refractivity contribution >= 4 is 23.2 Å². The average molecular weight is 329 g/mol. The van der Waals surface area contributed by atoms with Crippen LogP contribution >= 0.6 is 23.2 Å². The maximum Gasteiger partial charge on any atom is 0.222 e. The highest BCUT2D eigenvalue weighted by Gasteiger charge is 2.16. The monoisotopic (exact) mass is 328 g/mol. The molecule has 0 fully saturated rings. The number of hydrogen-bond acceptors (Lipinski definition) is 5. The summed E-state index contributed by atoms with van der Waals surface area (Å²) in [7, 11) is 3.14. The lowest BCUT2D eigenvalue weighted by Crippen LogP contribution is -2.03. The van der Waals surface area contributed by atoms with Crippen LogP contribution in [0.3, 0.4) is 0 Å². The second-order valence-corrected chi connectivity index (χ2v) is 4.89. The zero-order valence-corrected chi connectivity index (χ0v) is 13.3. The predicted octanol–water partition coefficient (Wildman–Crippen LogP) is 3.69. The van der Waals surface area contributed by atoms with Gasteiger partial charge in [-0.3, -0.25) is 0 Å². The van der Waals surface area contributed by atoms with Crippen LogP contribution in [0, 0.1) is 6.92 Å². The Balaban J connectivity index is 2.28. The largest absolute Gasteiger partial charge is 0.496 e. The van der Waals surface area contributed by atoms with Crippen LogP contribution in [0.25, 0.3) is 0 Å². The van der Waals surface area contributed by atoms with Crippen molar-refractivity contribution in [2.75, 3.05) is 14.2 Å². The van der Waals surface area contributed by atoms with Crippen LogP contribution in [0.4, 0.5) is 0 Å². The Morgan fingerprint density at radius 1 is 1.05 bits per heavy atom. The van der Waals surface area contributed by atoms with E-state index in [-0.39, 0.29) is 11.9 Å². The predicted molar refractivity (Wildman–Crippen MR) is 80.7 cm³/mol. The van der Waals surface area contributed by atoms with Crippen molar-refractivity contribution in [1.29, 1.82) is 0 Å². The maximum absolute atomic E-state index is 6.32. The van der Waals surface area contributed by atoms with E-state index in [1.54, 1.807) is 20.3 Å². The number of nitrogens with zero attached hydrogens (tertiary/aromatic N) is 2. The second-order valence-electron chi connectivity index (χ2n) is 4.18. The first-order valence-electron chi connectivity index (χ1n) is 6.07. The molecule has 1 aromatic heterocycles. The molecule has 0 N–H and O–H groups in total. The molecule has 0 unspecified atom stereocenters. The van der Waals surface area contributed by atoms with Gasteiger partial charge in [0.2, 0.25) is 5.28 Å². The first-order valence-corrected chi connectivity index (χ1v) is 6.82. The number of benzene rings is 1. The Kier molecular flexibility index (Phi) is 5.09. The van der Waals surface area contributed by atoms with Crippen LogP contribution < -0.4 is 14.2 Å². The summed E-state index contributed by atoms with van der Waals surface area (Å²) in [5, 5.41) is 0.658. The fourth-order valence-corrected chi connectivity index (χ4v) is 2.24. The summed E-state index contributed by atoms with van der Waals surface area (Å²) in [5.74, 6) is 1.71. The van der Waals surface area contributed by atoms with E-state index < -0.39 is 0 Å². The zero-order valence-electron chi connectivity index (χ0n) is 11.8. The minimum Gasteiger partial charge on any atom is -0.496 e. The summed E-state index contributed by atoms with van der Waals surface area (Å²) in [4.78, 5) is 7.70. The summed E-state index contributed by atoms with van der Waals surface area (Å²) in [6.07, 6.45) is 2.99. The van der Waals surface area contributed by atoms with Crippen molar-refractivity contribution in [3.63, 3.8) is 0 Å². The number of ether oxygens (including phenoxy) is 3. The molecule has 0 atom stereocenters. The van der Waals surface area contributed by atoms with Crippen molar-refractivity contribution in [3.8, 4) is 17.2 Å². The summed E-state index contributed by atoms with van der Waals surface area (Å²) in [6.45, 7) is 2.14. The molecule has 1 heterocycles. The molecule has 0 aliphatic heterocycles. The summed E-state index contributed by atoms with van der Waals surface area (Å²) in [5.41, 5.74) is 1.67. The number of methoxy groups -OCH3 is 2. The molecule has 0 amide bonds. The van der Waals surface area contributed by atoms with Crippen LogP contribution in [-0.4, -0.2) is 24.2 Å². The van der Waals surface area contributed by atoms with E-state index in [1.807, 2.05) is 6.92 Å². The third-order valence-corrected chi connectivity index (χ3v) is 3.59. The molecular formula is C14H14Cl2N2O3. The van der Waals surface area contributed by atoms with Gasteiger partial charge in [-0.25, -0.2) is 9.97 Å².